The van der Waals surface area contributed by atoms with E-state index in [0.717, 1.165) is 19.5 Å². The van der Waals surface area contributed by atoms with Gasteiger partial charge in [-0.15, -0.1) is 0 Å². The number of hydrogen-bond acceptors (Lipinski definition) is 3. The fourth-order valence-corrected chi connectivity index (χ4v) is 3.65. The van der Waals surface area contributed by atoms with E-state index >= 15 is 0 Å². The molecule has 3 rings (SSSR count). The molecule has 2 N–H and O–H groups in total. The Kier molecular flexibility index (Phi) is 5.34. The lowest BCUT2D eigenvalue weighted by molar-refractivity contribution is 0.200. The van der Waals surface area contributed by atoms with E-state index in [0.29, 0.717) is 23.4 Å². The highest BCUT2D eigenvalue weighted by atomic mass is 35.5. The standard InChI is InChI=1S/C19H20ClFN2O3/c1-22-5-4-12(10-22)11-23(19(25)26)18-3-2-15(21)9-17(18)13-6-14(20)8-16(24)7-13/h2-3,6-9,12,24H,4-5,10-11H2,1H3,(H,25,26)/t12-/m1/s1. The van der Waals surface area contributed by atoms with E-state index in [1.54, 1.807) is 6.07 Å². The van der Waals surface area contributed by atoms with Crippen LogP contribution >= 0.6 is 11.6 Å². The Bertz CT molecular complexity index is 810. The van der Waals surface area contributed by atoms with Gasteiger partial charge in [0.25, 0.3) is 0 Å². The minimum Gasteiger partial charge on any atom is -0.508 e. The molecule has 0 unspecified atom stereocenters. The van der Waals surface area contributed by atoms with Gasteiger partial charge in [-0.3, -0.25) is 4.90 Å². The topological polar surface area (TPSA) is 64.0 Å². The van der Waals surface area contributed by atoms with Crippen LogP contribution in [0.2, 0.25) is 5.02 Å². The second-order valence-corrected chi connectivity index (χ2v) is 7.11. The summed E-state index contributed by atoms with van der Waals surface area (Å²) in [6.45, 7) is 2.07. The van der Waals surface area contributed by atoms with Gasteiger partial charge in [-0.2, -0.15) is 0 Å². The van der Waals surface area contributed by atoms with Crippen molar-refractivity contribution in [2.75, 3.05) is 31.6 Å². The number of hydrogen-bond donors (Lipinski definition) is 2. The molecule has 0 aliphatic carbocycles. The Morgan fingerprint density at radius 3 is 2.73 bits per heavy atom. The minimum atomic E-state index is -1.10. The first-order valence-corrected chi connectivity index (χ1v) is 8.70. The number of halogens is 2. The van der Waals surface area contributed by atoms with Crippen LogP contribution in [0.3, 0.4) is 0 Å². The van der Waals surface area contributed by atoms with Crippen molar-refractivity contribution in [2.45, 2.75) is 6.42 Å². The third-order valence-corrected chi connectivity index (χ3v) is 4.82. The van der Waals surface area contributed by atoms with E-state index in [4.69, 9.17) is 11.6 Å². The number of rotatable bonds is 4. The lowest BCUT2D eigenvalue weighted by Gasteiger charge is -2.25. The van der Waals surface area contributed by atoms with Crippen LogP contribution in [0.4, 0.5) is 14.9 Å². The largest absolute Gasteiger partial charge is 0.508 e. The molecule has 0 radical (unpaired) electrons. The Morgan fingerprint density at radius 1 is 1.35 bits per heavy atom. The molecule has 1 saturated heterocycles. The first kappa shape index (κ1) is 18.5. The average molecular weight is 379 g/mol. The maximum Gasteiger partial charge on any atom is 0.411 e. The smallest absolute Gasteiger partial charge is 0.411 e. The zero-order valence-corrected chi connectivity index (χ0v) is 15.1. The number of carboxylic acid groups (broad SMARTS) is 1. The predicted molar refractivity (Wildman–Crippen MR) is 99.5 cm³/mol. The molecule has 0 bridgehead atoms. The second kappa shape index (κ2) is 7.51. The lowest BCUT2D eigenvalue weighted by Crippen LogP contribution is -2.35. The monoisotopic (exact) mass is 378 g/mol. The van der Waals surface area contributed by atoms with E-state index in [1.807, 2.05) is 7.05 Å². The van der Waals surface area contributed by atoms with Crippen molar-refractivity contribution in [1.29, 1.82) is 0 Å². The van der Waals surface area contributed by atoms with Crippen molar-refractivity contribution in [1.82, 2.24) is 4.90 Å². The van der Waals surface area contributed by atoms with Gasteiger partial charge < -0.3 is 15.1 Å². The molecule has 0 saturated carbocycles. The van der Waals surface area contributed by atoms with Crippen molar-refractivity contribution in [3.8, 4) is 16.9 Å². The van der Waals surface area contributed by atoms with E-state index in [1.165, 1.54) is 35.2 Å². The normalized spacial score (nSPS) is 17.4. The fraction of sp³-hybridized carbons (Fsp3) is 0.316. The summed E-state index contributed by atoms with van der Waals surface area (Å²) in [7, 11) is 2.00. The molecule has 1 amide bonds. The molecule has 0 spiro atoms. The van der Waals surface area contributed by atoms with Gasteiger partial charge in [0.15, 0.2) is 0 Å². The first-order chi connectivity index (χ1) is 12.3. The number of likely N-dealkylation sites (tertiary alicyclic amines) is 1. The van der Waals surface area contributed by atoms with Gasteiger partial charge in [-0.05, 0) is 67.9 Å². The second-order valence-electron chi connectivity index (χ2n) is 6.67. The summed E-state index contributed by atoms with van der Waals surface area (Å²) in [6.07, 6.45) is -0.187. The molecular weight excluding hydrogens is 359 g/mol. The zero-order chi connectivity index (χ0) is 18.8. The van der Waals surface area contributed by atoms with Gasteiger partial charge in [0.2, 0.25) is 0 Å². The summed E-state index contributed by atoms with van der Waals surface area (Å²) in [5.41, 5.74) is 1.20. The molecule has 1 fully saturated rings. The van der Waals surface area contributed by atoms with E-state index in [9.17, 15) is 19.4 Å². The summed E-state index contributed by atoms with van der Waals surface area (Å²) in [5.74, 6) is -0.349. The van der Waals surface area contributed by atoms with Crippen molar-refractivity contribution < 1.29 is 19.4 Å². The number of nitrogens with zero attached hydrogens (tertiary/aromatic N) is 2. The number of carbonyl (C=O) groups is 1. The van der Waals surface area contributed by atoms with Crippen molar-refractivity contribution >= 4 is 23.4 Å². The quantitative estimate of drug-likeness (QED) is 0.833. The van der Waals surface area contributed by atoms with Crippen molar-refractivity contribution in [3.63, 3.8) is 0 Å². The zero-order valence-electron chi connectivity index (χ0n) is 14.3. The molecule has 138 valence electrons. The van der Waals surface area contributed by atoms with Gasteiger partial charge in [0.1, 0.15) is 11.6 Å². The number of anilines is 1. The van der Waals surface area contributed by atoms with Crippen LogP contribution in [0.5, 0.6) is 5.75 Å². The highest BCUT2D eigenvalue weighted by Crippen LogP contribution is 2.36. The van der Waals surface area contributed by atoms with Gasteiger partial charge in [-0.25, -0.2) is 9.18 Å². The first-order valence-electron chi connectivity index (χ1n) is 8.32. The molecule has 1 atom stereocenters. The van der Waals surface area contributed by atoms with E-state index < -0.39 is 11.9 Å². The SMILES string of the molecule is CN1CC[C@@H](CN(C(=O)O)c2ccc(F)cc2-c2cc(O)cc(Cl)c2)C1. The fourth-order valence-electron chi connectivity index (χ4n) is 3.42. The highest BCUT2D eigenvalue weighted by molar-refractivity contribution is 6.31. The van der Waals surface area contributed by atoms with Gasteiger partial charge in [0, 0.05) is 23.7 Å². The predicted octanol–water partition coefficient (Wildman–Crippen LogP) is 4.29. The molecule has 1 aliphatic heterocycles. The number of amides is 1. The Hall–Kier alpha value is -2.31. The maximum absolute atomic E-state index is 13.9. The van der Waals surface area contributed by atoms with Crippen molar-refractivity contribution in [3.05, 3.63) is 47.2 Å². The summed E-state index contributed by atoms with van der Waals surface area (Å²) < 4.78 is 13.9. The Balaban J connectivity index is 2.03. The summed E-state index contributed by atoms with van der Waals surface area (Å²) >= 11 is 6.00. The van der Waals surface area contributed by atoms with Crippen LogP contribution in [0.1, 0.15) is 6.42 Å². The summed E-state index contributed by atoms with van der Waals surface area (Å²) in [5, 5.41) is 19.8. The summed E-state index contributed by atoms with van der Waals surface area (Å²) in [6, 6.07) is 8.33. The Morgan fingerprint density at radius 2 is 2.12 bits per heavy atom. The minimum absolute atomic E-state index is 0.0676. The number of benzene rings is 2. The van der Waals surface area contributed by atoms with Crippen LogP contribution in [-0.2, 0) is 0 Å². The van der Waals surface area contributed by atoms with Crippen LogP contribution in [-0.4, -0.2) is 47.9 Å². The van der Waals surface area contributed by atoms with E-state index in [2.05, 4.69) is 4.90 Å². The molecule has 2 aromatic rings. The van der Waals surface area contributed by atoms with E-state index in [-0.39, 0.29) is 16.7 Å². The third kappa shape index (κ3) is 4.08. The summed E-state index contributed by atoms with van der Waals surface area (Å²) in [4.78, 5) is 15.3. The molecule has 5 nitrogen and oxygen atoms in total. The molecular formula is C19H20ClFN2O3. The molecule has 2 aromatic carbocycles. The van der Waals surface area contributed by atoms with Crippen molar-refractivity contribution in [2.24, 2.45) is 5.92 Å². The van der Waals surface area contributed by atoms with Gasteiger partial charge >= 0.3 is 6.09 Å². The highest BCUT2D eigenvalue weighted by Gasteiger charge is 2.27. The molecule has 7 heteroatoms. The van der Waals surface area contributed by atoms with Crippen LogP contribution in [0.15, 0.2) is 36.4 Å². The Labute approximate surface area is 156 Å². The van der Waals surface area contributed by atoms with Crippen LogP contribution < -0.4 is 4.90 Å². The molecule has 1 heterocycles. The number of aromatic hydroxyl groups is 1. The average Bonchev–Trinajstić information content (AvgIpc) is 2.97. The van der Waals surface area contributed by atoms with Gasteiger partial charge in [-0.1, -0.05) is 11.6 Å². The van der Waals surface area contributed by atoms with Gasteiger partial charge in [0.05, 0.1) is 5.69 Å². The maximum atomic E-state index is 13.9. The number of phenols is 1. The number of phenolic OH excluding ortho intramolecular Hbond substituents is 1. The molecule has 1 aliphatic rings. The van der Waals surface area contributed by atoms with Crippen LogP contribution in [0.25, 0.3) is 11.1 Å². The molecule has 26 heavy (non-hydrogen) atoms. The third-order valence-electron chi connectivity index (χ3n) is 4.60. The molecule has 0 aromatic heterocycles. The lowest BCUT2D eigenvalue weighted by atomic mass is 10.0. The van der Waals surface area contributed by atoms with Crippen LogP contribution in [0, 0.1) is 11.7 Å².